The zero-order chi connectivity index (χ0) is 6.66. The monoisotopic (exact) mass is 137 g/mol. The average molecular weight is 137 g/mol. The molecule has 56 valence electrons. The van der Waals surface area contributed by atoms with Gasteiger partial charge in [-0.05, 0) is 49.5 Å². The number of hydrogen-bond acceptors (Lipinski definition) is 1. The zero-order valence-electron chi connectivity index (χ0n) is 6.45. The van der Waals surface area contributed by atoms with E-state index in [0.29, 0.717) is 0 Å². The highest BCUT2D eigenvalue weighted by atomic mass is 15.0. The third kappa shape index (κ3) is 0.493. The molecular formula is C9H15N. The average Bonchev–Trinajstić information content (AvgIpc) is 2.81. The molecule has 10 heavy (non-hydrogen) atoms. The second kappa shape index (κ2) is 1.42. The summed E-state index contributed by atoms with van der Waals surface area (Å²) in [5.74, 6) is 0. The van der Waals surface area contributed by atoms with Gasteiger partial charge < -0.3 is 5.32 Å². The highest BCUT2D eigenvalue weighted by molar-refractivity contribution is 5.23. The van der Waals surface area contributed by atoms with Gasteiger partial charge in [-0.3, -0.25) is 0 Å². The van der Waals surface area contributed by atoms with Crippen molar-refractivity contribution in [1.29, 1.82) is 0 Å². The third-order valence-electron chi connectivity index (χ3n) is 4.00. The normalized spacial score (nSPS) is 48.0. The number of fused-ring (bicyclic) bond motifs is 1. The van der Waals surface area contributed by atoms with E-state index in [4.69, 9.17) is 0 Å². The molecule has 0 aromatic rings. The summed E-state index contributed by atoms with van der Waals surface area (Å²) in [6, 6.07) is 0. The highest BCUT2D eigenvalue weighted by Gasteiger charge is 2.72. The van der Waals surface area contributed by atoms with Gasteiger partial charge in [0.1, 0.15) is 0 Å². The summed E-state index contributed by atoms with van der Waals surface area (Å²) < 4.78 is 0. The fourth-order valence-corrected chi connectivity index (χ4v) is 3.03. The Morgan fingerprint density at radius 2 is 1.90 bits per heavy atom. The lowest BCUT2D eigenvalue weighted by Gasteiger charge is -2.23. The molecule has 2 spiro atoms. The maximum absolute atomic E-state index is 3.53. The summed E-state index contributed by atoms with van der Waals surface area (Å²) >= 11 is 0. The Hall–Kier alpha value is -0.0400. The van der Waals surface area contributed by atoms with Gasteiger partial charge in [0.25, 0.3) is 0 Å². The lowest BCUT2D eigenvalue weighted by Crippen LogP contribution is -2.32. The molecular weight excluding hydrogens is 122 g/mol. The quantitative estimate of drug-likeness (QED) is 0.534. The lowest BCUT2D eigenvalue weighted by molar-refractivity contribution is 0.321. The summed E-state index contributed by atoms with van der Waals surface area (Å²) in [4.78, 5) is 0. The van der Waals surface area contributed by atoms with E-state index in [-0.39, 0.29) is 0 Å². The summed E-state index contributed by atoms with van der Waals surface area (Å²) in [5, 5.41) is 3.53. The molecule has 0 aromatic carbocycles. The topological polar surface area (TPSA) is 12.0 Å². The summed E-state index contributed by atoms with van der Waals surface area (Å²) in [6.45, 7) is 2.62. The standard InChI is InChI=1S/C9H15N/c1-2-9(7-10-5-1)6-8(9)3-4-8/h10H,1-7H2. The maximum Gasteiger partial charge on any atom is 0.00134 e. The van der Waals surface area contributed by atoms with Crippen molar-refractivity contribution in [3.63, 3.8) is 0 Å². The molecule has 3 rings (SSSR count). The molecule has 0 amide bonds. The van der Waals surface area contributed by atoms with Gasteiger partial charge in [-0.15, -0.1) is 0 Å². The van der Waals surface area contributed by atoms with E-state index < -0.39 is 0 Å². The first-order valence-corrected chi connectivity index (χ1v) is 4.58. The maximum atomic E-state index is 3.53. The van der Waals surface area contributed by atoms with Crippen LogP contribution in [0, 0.1) is 10.8 Å². The molecule has 1 unspecified atom stereocenters. The van der Waals surface area contributed by atoms with Gasteiger partial charge in [0.05, 0.1) is 0 Å². The molecule has 0 radical (unpaired) electrons. The van der Waals surface area contributed by atoms with Crippen LogP contribution in [0.15, 0.2) is 0 Å². The fourth-order valence-electron chi connectivity index (χ4n) is 3.03. The van der Waals surface area contributed by atoms with Crippen molar-refractivity contribution in [2.24, 2.45) is 10.8 Å². The summed E-state index contributed by atoms with van der Waals surface area (Å²) in [7, 11) is 0. The van der Waals surface area contributed by atoms with Crippen molar-refractivity contribution >= 4 is 0 Å². The Morgan fingerprint density at radius 1 is 1.00 bits per heavy atom. The second-order valence-electron chi connectivity index (χ2n) is 4.52. The molecule has 3 aliphatic rings. The van der Waals surface area contributed by atoms with Crippen molar-refractivity contribution in [3.05, 3.63) is 0 Å². The van der Waals surface area contributed by atoms with Crippen LogP contribution < -0.4 is 5.32 Å². The van der Waals surface area contributed by atoms with E-state index in [2.05, 4.69) is 5.32 Å². The van der Waals surface area contributed by atoms with Crippen molar-refractivity contribution in [3.8, 4) is 0 Å². The summed E-state index contributed by atoms with van der Waals surface area (Å²) in [5.41, 5.74) is 1.73. The van der Waals surface area contributed by atoms with Gasteiger partial charge in [-0.1, -0.05) is 0 Å². The minimum absolute atomic E-state index is 0.825. The molecule has 2 saturated carbocycles. The first-order valence-electron chi connectivity index (χ1n) is 4.58. The van der Waals surface area contributed by atoms with Crippen molar-refractivity contribution in [1.82, 2.24) is 5.32 Å². The van der Waals surface area contributed by atoms with Crippen LogP contribution in [-0.2, 0) is 0 Å². The van der Waals surface area contributed by atoms with E-state index in [1.54, 1.807) is 19.3 Å². The molecule has 1 atom stereocenters. The number of rotatable bonds is 0. The van der Waals surface area contributed by atoms with Crippen LogP contribution in [-0.4, -0.2) is 13.1 Å². The fraction of sp³-hybridized carbons (Fsp3) is 1.00. The molecule has 1 saturated heterocycles. The Kier molecular flexibility index (Phi) is 0.797. The lowest BCUT2D eigenvalue weighted by atomic mass is 9.93. The SMILES string of the molecule is C1CNCC2(C1)CC21CC1. The molecule has 0 bridgehead atoms. The first-order chi connectivity index (χ1) is 4.87. The number of piperidine rings is 1. The number of hydrogen-bond donors (Lipinski definition) is 1. The van der Waals surface area contributed by atoms with E-state index in [0.717, 1.165) is 10.8 Å². The molecule has 1 aliphatic heterocycles. The van der Waals surface area contributed by atoms with E-state index in [1.807, 2.05) is 0 Å². The molecule has 1 nitrogen and oxygen atoms in total. The van der Waals surface area contributed by atoms with Crippen molar-refractivity contribution < 1.29 is 0 Å². The molecule has 0 aromatic heterocycles. The highest BCUT2D eigenvalue weighted by Crippen LogP contribution is 2.80. The Labute approximate surface area is 62.2 Å². The Bertz CT molecular complexity index is 164. The van der Waals surface area contributed by atoms with Crippen LogP contribution in [0.25, 0.3) is 0 Å². The predicted octanol–water partition coefficient (Wildman–Crippen LogP) is 1.54. The molecule has 2 aliphatic carbocycles. The third-order valence-corrected chi connectivity index (χ3v) is 4.00. The van der Waals surface area contributed by atoms with Crippen molar-refractivity contribution in [2.45, 2.75) is 32.1 Å². The summed E-state index contributed by atoms with van der Waals surface area (Å²) in [6.07, 6.45) is 7.62. The van der Waals surface area contributed by atoms with Gasteiger partial charge in [0.2, 0.25) is 0 Å². The van der Waals surface area contributed by atoms with Crippen LogP contribution in [0.5, 0.6) is 0 Å². The van der Waals surface area contributed by atoms with Gasteiger partial charge >= 0.3 is 0 Å². The first kappa shape index (κ1) is 5.59. The second-order valence-corrected chi connectivity index (χ2v) is 4.52. The molecule has 3 fully saturated rings. The number of nitrogens with one attached hydrogen (secondary N) is 1. The predicted molar refractivity (Wildman–Crippen MR) is 40.8 cm³/mol. The van der Waals surface area contributed by atoms with Crippen molar-refractivity contribution in [2.75, 3.05) is 13.1 Å². The van der Waals surface area contributed by atoms with Crippen LogP contribution >= 0.6 is 0 Å². The Morgan fingerprint density at radius 3 is 2.40 bits per heavy atom. The zero-order valence-corrected chi connectivity index (χ0v) is 6.45. The largest absolute Gasteiger partial charge is 0.316 e. The molecule has 1 heterocycles. The van der Waals surface area contributed by atoms with Crippen LogP contribution in [0.4, 0.5) is 0 Å². The van der Waals surface area contributed by atoms with Crippen LogP contribution in [0.2, 0.25) is 0 Å². The van der Waals surface area contributed by atoms with E-state index in [1.165, 1.54) is 25.9 Å². The minimum atomic E-state index is 0.825. The minimum Gasteiger partial charge on any atom is -0.316 e. The Balaban J connectivity index is 1.80. The van der Waals surface area contributed by atoms with Gasteiger partial charge in [-0.25, -0.2) is 0 Å². The molecule has 1 N–H and O–H groups in total. The van der Waals surface area contributed by atoms with Gasteiger partial charge in [0.15, 0.2) is 0 Å². The van der Waals surface area contributed by atoms with Crippen LogP contribution in [0.3, 0.4) is 0 Å². The van der Waals surface area contributed by atoms with Gasteiger partial charge in [0, 0.05) is 6.54 Å². The van der Waals surface area contributed by atoms with E-state index in [9.17, 15) is 0 Å². The molecule has 1 heteroatoms. The van der Waals surface area contributed by atoms with E-state index >= 15 is 0 Å². The smallest absolute Gasteiger partial charge is 0.00134 e. The van der Waals surface area contributed by atoms with Gasteiger partial charge in [-0.2, -0.15) is 0 Å². The van der Waals surface area contributed by atoms with Crippen LogP contribution in [0.1, 0.15) is 32.1 Å².